The van der Waals surface area contributed by atoms with Crippen LogP contribution in [0.4, 0.5) is 13.2 Å². The molecule has 1 aromatic carbocycles. The minimum absolute atomic E-state index is 0.197. The molecule has 0 heterocycles. The lowest BCUT2D eigenvalue weighted by molar-refractivity contribution is -0.274. The second kappa shape index (κ2) is 5.14. The number of carbonyl (C=O) groups is 1. The van der Waals surface area contributed by atoms with Crippen LogP contribution in [-0.4, -0.2) is 12.1 Å². The van der Waals surface area contributed by atoms with Gasteiger partial charge in [0.05, 0.1) is 5.02 Å². The molecular weight excluding hydrogens is 280 g/mol. The van der Waals surface area contributed by atoms with E-state index in [1.165, 1.54) is 19.1 Å². The molecule has 0 fully saturated rings. The second-order valence-corrected chi connectivity index (χ2v) is 4.05. The molecule has 1 aromatic rings. The number of ketones is 1. The Balaban J connectivity index is 3.06. The van der Waals surface area contributed by atoms with Crippen molar-refractivity contribution in [1.82, 2.24) is 0 Å². The van der Waals surface area contributed by atoms with Gasteiger partial charge >= 0.3 is 6.36 Å². The van der Waals surface area contributed by atoms with E-state index in [0.29, 0.717) is 0 Å². The van der Waals surface area contributed by atoms with Gasteiger partial charge in [-0.2, -0.15) is 0 Å². The lowest BCUT2D eigenvalue weighted by Crippen LogP contribution is -2.17. The molecule has 0 aliphatic carbocycles. The largest absolute Gasteiger partial charge is 0.573 e. The number of carbonyl (C=O) groups excluding carboxylic acids is 1. The molecule has 1 rings (SSSR count). The van der Waals surface area contributed by atoms with Crippen LogP contribution in [0.5, 0.6) is 5.75 Å². The van der Waals surface area contributed by atoms with Crippen molar-refractivity contribution in [3.63, 3.8) is 0 Å². The Hall–Kier alpha value is -0.940. The number of Topliss-reactive ketones (excluding diaryl/α,β-unsaturated/α-hetero) is 1. The molecule has 0 bridgehead atoms. The Labute approximate surface area is 105 Å². The molecule has 0 spiro atoms. The average molecular weight is 287 g/mol. The number of alkyl halides is 4. The SMILES string of the molecule is CC(=O)C(Cl)c1ccc(Cl)c(OC(F)(F)F)c1. The van der Waals surface area contributed by atoms with Gasteiger partial charge in [0, 0.05) is 0 Å². The highest BCUT2D eigenvalue weighted by molar-refractivity contribution is 6.32. The Bertz CT molecular complexity index is 432. The van der Waals surface area contributed by atoms with Crippen molar-refractivity contribution in [3.05, 3.63) is 28.8 Å². The molecular formula is C10H7Cl2F3O2. The van der Waals surface area contributed by atoms with Gasteiger partial charge in [-0.15, -0.1) is 24.8 Å². The van der Waals surface area contributed by atoms with E-state index >= 15 is 0 Å². The van der Waals surface area contributed by atoms with E-state index in [1.807, 2.05) is 0 Å². The smallest absolute Gasteiger partial charge is 0.404 e. The van der Waals surface area contributed by atoms with E-state index in [0.717, 1.165) is 6.07 Å². The van der Waals surface area contributed by atoms with E-state index in [1.54, 1.807) is 0 Å². The molecule has 0 aliphatic rings. The van der Waals surface area contributed by atoms with Gasteiger partial charge < -0.3 is 4.74 Å². The minimum Gasteiger partial charge on any atom is -0.404 e. The van der Waals surface area contributed by atoms with Gasteiger partial charge in [0.2, 0.25) is 0 Å². The molecule has 7 heteroatoms. The summed E-state index contributed by atoms with van der Waals surface area (Å²) in [7, 11) is 0. The number of halogens is 5. The summed E-state index contributed by atoms with van der Waals surface area (Å²) in [6, 6.07) is 3.55. The summed E-state index contributed by atoms with van der Waals surface area (Å²) >= 11 is 11.2. The highest BCUT2D eigenvalue weighted by Gasteiger charge is 2.32. The maximum atomic E-state index is 12.0. The minimum atomic E-state index is -4.85. The summed E-state index contributed by atoms with van der Waals surface area (Å²) < 4.78 is 39.8. The molecule has 0 saturated heterocycles. The fourth-order valence-electron chi connectivity index (χ4n) is 1.12. The summed E-state index contributed by atoms with van der Waals surface area (Å²) in [5.41, 5.74) is 0.197. The van der Waals surface area contributed by atoms with Crippen molar-refractivity contribution in [2.24, 2.45) is 0 Å². The molecule has 2 nitrogen and oxygen atoms in total. The normalized spacial score (nSPS) is 13.3. The Morgan fingerprint density at radius 3 is 2.47 bits per heavy atom. The molecule has 0 aliphatic heterocycles. The summed E-state index contributed by atoms with van der Waals surface area (Å²) in [4.78, 5) is 11.0. The third-order valence-electron chi connectivity index (χ3n) is 1.83. The van der Waals surface area contributed by atoms with Gasteiger partial charge in [-0.05, 0) is 24.6 Å². The standard InChI is InChI=1S/C10H7Cl2F3O2/c1-5(16)9(12)6-2-3-7(11)8(4-6)17-10(13,14)15/h2-4,9H,1H3. The molecule has 0 N–H and O–H groups in total. The maximum absolute atomic E-state index is 12.0. The van der Waals surface area contributed by atoms with Crippen molar-refractivity contribution in [2.45, 2.75) is 18.7 Å². The van der Waals surface area contributed by atoms with Crippen LogP contribution in [-0.2, 0) is 4.79 Å². The lowest BCUT2D eigenvalue weighted by Gasteiger charge is -2.13. The van der Waals surface area contributed by atoms with E-state index in [2.05, 4.69) is 4.74 Å². The highest BCUT2D eigenvalue weighted by atomic mass is 35.5. The van der Waals surface area contributed by atoms with Crippen molar-refractivity contribution in [3.8, 4) is 5.75 Å². The molecule has 0 amide bonds. The first-order valence-corrected chi connectivity index (χ1v) is 5.22. The summed E-state index contributed by atoms with van der Waals surface area (Å²) in [5, 5.41) is -1.23. The third-order valence-corrected chi connectivity index (χ3v) is 2.70. The fourth-order valence-corrected chi connectivity index (χ4v) is 1.41. The average Bonchev–Trinajstić information content (AvgIpc) is 2.18. The molecule has 0 radical (unpaired) electrons. The van der Waals surface area contributed by atoms with Crippen LogP contribution < -0.4 is 4.74 Å². The number of ether oxygens (including phenoxy) is 1. The second-order valence-electron chi connectivity index (χ2n) is 3.21. The van der Waals surface area contributed by atoms with E-state index in [9.17, 15) is 18.0 Å². The molecule has 17 heavy (non-hydrogen) atoms. The summed E-state index contributed by atoms with van der Waals surface area (Å²) in [5.74, 6) is -0.962. The summed E-state index contributed by atoms with van der Waals surface area (Å²) in [6.45, 7) is 1.23. The van der Waals surface area contributed by atoms with Gasteiger partial charge in [-0.3, -0.25) is 4.79 Å². The van der Waals surface area contributed by atoms with E-state index in [4.69, 9.17) is 23.2 Å². The van der Waals surface area contributed by atoms with Crippen LogP contribution in [0.2, 0.25) is 5.02 Å². The van der Waals surface area contributed by atoms with Crippen LogP contribution in [0.1, 0.15) is 17.9 Å². The zero-order chi connectivity index (χ0) is 13.2. The van der Waals surface area contributed by atoms with Gasteiger partial charge in [0.1, 0.15) is 11.1 Å². The van der Waals surface area contributed by atoms with Gasteiger partial charge in [0.15, 0.2) is 5.78 Å². The van der Waals surface area contributed by atoms with E-state index < -0.39 is 17.5 Å². The third kappa shape index (κ3) is 4.09. The molecule has 0 saturated carbocycles. The Morgan fingerprint density at radius 2 is 2.00 bits per heavy atom. The topological polar surface area (TPSA) is 26.3 Å². The van der Waals surface area contributed by atoms with Crippen LogP contribution >= 0.6 is 23.2 Å². The van der Waals surface area contributed by atoms with Crippen LogP contribution in [0.25, 0.3) is 0 Å². The van der Waals surface area contributed by atoms with Crippen LogP contribution in [0, 0.1) is 0 Å². The zero-order valence-electron chi connectivity index (χ0n) is 8.52. The Morgan fingerprint density at radius 1 is 1.41 bits per heavy atom. The van der Waals surface area contributed by atoms with Gasteiger partial charge in [-0.1, -0.05) is 17.7 Å². The fraction of sp³-hybridized carbons (Fsp3) is 0.300. The predicted molar refractivity (Wildman–Crippen MR) is 57.4 cm³/mol. The number of benzene rings is 1. The molecule has 94 valence electrons. The first kappa shape index (κ1) is 14.1. The number of hydrogen-bond donors (Lipinski definition) is 0. The maximum Gasteiger partial charge on any atom is 0.573 e. The number of rotatable bonds is 3. The summed E-state index contributed by atoms with van der Waals surface area (Å²) in [6.07, 6.45) is -4.85. The van der Waals surface area contributed by atoms with Crippen LogP contribution in [0.3, 0.4) is 0 Å². The van der Waals surface area contributed by atoms with Crippen molar-refractivity contribution < 1.29 is 22.7 Å². The van der Waals surface area contributed by atoms with Gasteiger partial charge in [0.25, 0.3) is 0 Å². The zero-order valence-corrected chi connectivity index (χ0v) is 10.0. The Kier molecular flexibility index (Phi) is 4.27. The molecule has 0 aromatic heterocycles. The quantitative estimate of drug-likeness (QED) is 0.782. The van der Waals surface area contributed by atoms with Crippen molar-refractivity contribution >= 4 is 29.0 Å². The first-order valence-electron chi connectivity index (χ1n) is 4.40. The highest BCUT2D eigenvalue weighted by Crippen LogP contribution is 2.34. The van der Waals surface area contributed by atoms with Crippen molar-refractivity contribution in [2.75, 3.05) is 0 Å². The number of hydrogen-bond acceptors (Lipinski definition) is 2. The van der Waals surface area contributed by atoms with E-state index in [-0.39, 0.29) is 16.4 Å². The lowest BCUT2D eigenvalue weighted by atomic mass is 10.1. The molecule has 1 atom stereocenters. The van der Waals surface area contributed by atoms with Gasteiger partial charge in [-0.25, -0.2) is 0 Å². The first-order chi connectivity index (χ1) is 7.70. The monoisotopic (exact) mass is 286 g/mol. The predicted octanol–water partition coefficient (Wildman–Crippen LogP) is 4.11. The molecule has 1 unspecified atom stereocenters. The van der Waals surface area contributed by atoms with Crippen LogP contribution in [0.15, 0.2) is 18.2 Å². The van der Waals surface area contributed by atoms with Crippen molar-refractivity contribution in [1.29, 1.82) is 0 Å².